The molecule has 1 heterocycles. The highest BCUT2D eigenvalue weighted by atomic mass is 32.2. The molecular weight excluding hydrogens is 300 g/mol. The van der Waals surface area contributed by atoms with Gasteiger partial charge < -0.3 is 10.7 Å². The van der Waals surface area contributed by atoms with Gasteiger partial charge in [0.1, 0.15) is 0 Å². The number of thioether (sulfide) groups is 1. The summed E-state index contributed by atoms with van der Waals surface area (Å²) in [4.78, 5) is 5.02. The maximum absolute atomic E-state index is 5.69. The summed E-state index contributed by atoms with van der Waals surface area (Å²) in [6.45, 7) is 2.94. The lowest BCUT2D eigenvalue weighted by molar-refractivity contribution is 0.748. The zero-order valence-electron chi connectivity index (χ0n) is 13.9. The Balaban J connectivity index is 2.18. The third kappa shape index (κ3) is 3.17. The maximum atomic E-state index is 5.69. The minimum atomic E-state index is 0.762. The highest BCUT2D eigenvalue weighted by molar-refractivity contribution is 7.98. The molecule has 0 radical (unpaired) electrons. The van der Waals surface area contributed by atoms with Crippen LogP contribution < -0.4 is 5.73 Å². The zero-order valence-corrected chi connectivity index (χ0v) is 14.7. The van der Waals surface area contributed by atoms with Gasteiger partial charge in [-0.3, -0.25) is 0 Å². The molecule has 0 atom stereocenters. The molecule has 1 aromatic heterocycles. The maximum Gasteiger partial charge on any atom is 0.0508 e. The van der Waals surface area contributed by atoms with Crippen LogP contribution in [-0.2, 0) is 6.42 Å². The molecule has 3 aromatic rings. The standard InChI is InChI=1S/C20H24N2S/c1-14-8-7-11-15-16(9-5-6-13-21)20(22-19(14)15)17-10-3-4-12-18(17)23-2/h3-4,7-8,10-12,22H,5-6,9,13,21H2,1-2H3. The number of hydrogen-bond acceptors (Lipinski definition) is 2. The van der Waals surface area contributed by atoms with Crippen LogP contribution in [0.25, 0.3) is 22.2 Å². The normalized spacial score (nSPS) is 11.3. The molecule has 0 aliphatic rings. The molecule has 0 bridgehead atoms. The molecule has 0 spiro atoms. The van der Waals surface area contributed by atoms with Crippen molar-refractivity contribution in [3.63, 3.8) is 0 Å². The topological polar surface area (TPSA) is 41.8 Å². The number of nitrogens with one attached hydrogen (secondary N) is 1. The van der Waals surface area contributed by atoms with Crippen molar-refractivity contribution in [1.29, 1.82) is 0 Å². The van der Waals surface area contributed by atoms with Gasteiger partial charge in [0, 0.05) is 21.4 Å². The van der Waals surface area contributed by atoms with Crippen LogP contribution in [0.1, 0.15) is 24.0 Å². The van der Waals surface area contributed by atoms with Crippen LogP contribution in [0.2, 0.25) is 0 Å². The second-order valence-electron chi connectivity index (χ2n) is 5.92. The van der Waals surface area contributed by atoms with E-state index in [1.165, 1.54) is 38.2 Å². The van der Waals surface area contributed by atoms with Crippen molar-refractivity contribution in [2.75, 3.05) is 12.8 Å². The lowest BCUT2D eigenvalue weighted by atomic mass is 9.99. The van der Waals surface area contributed by atoms with Crippen molar-refractivity contribution in [2.45, 2.75) is 31.1 Å². The van der Waals surface area contributed by atoms with Gasteiger partial charge in [-0.1, -0.05) is 36.4 Å². The highest BCUT2D eigenvalue weighted by Crippen LogP contribution is 2.37. The van der Waals surface area contributed by atoms with Crippen molar-refractivity contribution in [2.24, 2.45) is 5.73 Å². The number of rotatable bonds is 6. The van der Waals surface area contributed by atoms with E-state index in [0.29, 0.717) is 0 Å². The van der Waals surface area contributed by atoms with E-state index in [9.17, 15) is 0 Å². The van der Waals surface area contributed by atoms with Crippen LogP contribution in [0.4, 0.5) is 0 Å². The smallest absolute Gasteiger partial charge is 0.0508 e. The van der Waals surface area contributed by atoms with Crippen LogP contribution in [-0.4, -0.2) is 17.8 Å². The number of benzene rings is 2. The summed E-state index contributed by atoms with van der Waals surface area (Å²) in [5, 5.41) is 1.35. The van der Waals surface area contributed by atoms with E-state index in [1.54, 1.807) is 11.8 Å². The van der Waals surface area contributed by atoms with E-state index in [0.717, 1.165) is 25.8 Å². The van der Waals surface area contributed by atoms with Gasteiger partial charge in [0.25, 0.3) is 0 Å². The van der Waals surface area contributed by atoms with E-state index in [-0.39, 0.29) is 0 Å². The molecule has 3 N–H and O–H groups in total. The summed E-state index contributed by atoms with van der Waals surface area (Å²) in [6.07, 6.45) is 5.41. The largest absolute Gasteiger partial charge is 0.354 e. The number of aromatic nitrogens is 1. The minimum Gasteiger partial charge on any atom is -0.354 e. The number of unbranched alkanes of at least 4 members (excludes halogenated alkanes) is 1. The van der Waals surface area contributed by atoms with E-state index in [2.05, 4.69) is 60.6 Å². The Morgan fingerprint density at radius 2 is 1.87 bits per heavy atom. The minimum absolute atomic E-state index is 0.762. The number of aromatic amines is 1. The third-order valence-corrected chi connectivity index (χ3v) is 5.20. The predicted octanol–water partition coefficient (Wildman–Crippen LogP) is 5.15. The van der Waals surface area contributed by atoms with E-state index >= 15 is 0 Å². The molecule has 0 fully saturated rings. The first-order valence-corrected chi connectivity index (χ1v) is 9.42. The van der Waals surface area contributed by atoms with Crippen LogP contribution in [0.15, 0.2) is 47.4 Å². The first-order valence-electron chi connectivity index (χ1n) is 8.20. The Morgan fingerprint density at radius 3 is 2.65 bits per heavy atom. The molecule has 0 amide bonds. The average molecular weight is 324 g/mol. The molecular formula is C20H24N2S. The first kappa shape index (κ1) is 16.2. The second kappa shape index (κ2) is 7.24. The Hall–Kier alpha value is -1.71. The Kier molecular flexibility index (Phi) is 5.09. The van der Waals surface area contributed by atoms with Gasteiger partial charge in [0.2, 0.25) is 0 Å². The lowest BCUT2D eigenvalue weighted by Crippen LogP contribution is -1.99. The number of para-hydroxylation sites is 1. The van der Waals surface area contributed by atoms with Crippen LogP contribution in [0, 0.1) is 6.92 Å². The molecule has 0 aliphatic carbocycles. The van der Waals surface area contributed by atoms with E-state index in [1.807, 2.05) is 0 Å². The number of aryl methyl sites for hydroxylation is 2. The molecule has 3 rings (SSSR count). The summed E-state index contributed by atoms with van der Waals surface area (Å²) in [5.41, 5.74) is 12.3. The molecule has 0 unspecified atom stereocenters. The molecule has 0 saturated heterocycles. The number of nitrogens with two attached hydrogens (primary N) is 1. The number of fused-ring (bicyclic) bond motifs is 1. The van der Waals surface area contributed by atoms with Crippen molar-refractivity contribution < 1.29 is 0 Å². The average Bonchev–Trinajstić information content (AvgIpc) is 2.95. The van der Waals surface area contributed by atoms with Gasteiger partial charge in [0.15, 0.2) is 0 Å². The first-order chi connectivity index (χ1) is 11.3. The number of H-pyrrole nitrogens is 1. The van der Waals surface area contributed by atoms with E-state index in [4.69, 9.17) is 5.73 Å². The summed E-state index contributed by atoms with van der Waals surface area (Å²) < 4.78 is 0. The zero-order chi connectivity index (χ0) is 16.2. The molecule has 2 nitrogen and oxygen atoms in total. The van der Waals surface area contributed by atoms with Crippen molar-refractivity contribution >= 4 is 22.7 Å². The molecule has 2 aromatic carbocycles. The van der Waals surface area contributed by atoms with Gasteiger partial charge in [0.05, 0.1) is 5.69 Å². The van der Waals surface area contributed by atoms with Gasteiger partial charge in [-0.25, -0.2) is 0 Å². The summed E-state index contributed by atoms with van der Waals surface area (Å²) in [7, 11) is 0. The van der Waals surface area contributed by atoms with Crippen molar-refractivity contribution in [1.82, 2.24) is 4.98 Å². The summed E-state index contributed by atoms with van der Waals surface area (Å²) in [6, 6.07) is 15.2. The van der Waals surface area contributed by atoms with Crippen LogP contribution in [0.3, 0.4) is 0 Å². The van der Waals surface area contributed by atoms with Gasteiger partial charge in [-0.2, -0.15) is 0 Å². The van der Waals surface area contributed by atoms with Crippen LogP contribution in [0.5, 0.6) is 0 Å². The van der Waals surface area contributed by atoms with Gasteiger partial charge >= 0.3 is 0 Å². The summed E-state index contributed by atoms with van der Waals surface area (Å²) >= 11 is 1.80. The molecule has 3 heteroatoms. The lowest BCUT2D eigenvalue weighted by Gasteiger charge is -2.09. The fraction of sp³-hybridized carbons (Fsp3) is 0.300. The highest BCUT2D eigenvalue weighted by Gasteiger charge is 2.16. The molecule has 23 heavy (non-hydrogen) atoms. The van der Waals surface area contributed by atoms with E-state index < -0.39 is 0 Å². The monoisotopic (exact) mass is 324 g/mol. The van der Waals surface area contributed by atoms with Crippen LogP contribution >= 0.6 is 11.8 Å². The fourth-order valence-electron chi connectivity index (χ4n) is 3.21. The Bertz CT molecular complexity index is 805. The summed E-state index contributed by atoms with van der Waals surface area (Å²) in [5.74, 6) is 0. The van der Waals surface area contributed by atoms with Gasteiger partial charge in [-0.15, -0.1) is 11.8 Å². The van der Waals surface area contributed by atoms with Crippen molar-refractivity contribution in [3.8, 4) is 11.3 Å². The fourth-order valence-corrected chi connectivity index (χ4v) is 3.81. The molecule has 120 valence electrons. The molecule has 0 aliphatic heterocycles. The molecule has 0 saturated carbocycles. The Morgan fingerprint density at radius 1 is 1.04 bits per heavy atom. The Labute approximate surface area is 142 Å². The van der Waals surface area contributed by atoms with Crippen molar-refractivity contribution in [3.05, 3.63) is 53.6 Å². The third-order valence-electron chi connectivity index (χ3n) is 4.41. The number of hydrogen-bond donors (Lipinski definition) is 2. The van der Waals surface area contributed by atoms with Gasteiger partial charge in [-0.05, 0) is 56.2 Å². The quantitative estimate of drug-likeness (QED) is 0.486. The predicted molar refractivity (Wildman–Crippen MR) is 102 cm³/mol. The second-order valence-corrected chi connectivity index (χ2v) is 6.77. The SMILES string of the molecule is CSc1ccccc1-c1[nH]c2c(C)cccc2c1CCCCN.